The molecule has 82 valence electrons. The molecular weight excluding hydrogens is 210 g/mol. The number of fused-ring (bicyclic) bond motifs is 1. The molecule has 2 heterocycles. The highest BCUT2D eigenvalue weighted by Crippen LogP contribution is 2.12. The Morgan fingerprint density at radius 2 is 2.31 bits per heavy atom. The van der Waals surface area contributed by atoms with Gasteiger partial charge < -0.3 is 10.4 Å². The predicted molar refractivity (Wildman–Crippen MR) is 56.5 cm³/mol. The van der Waals surface area contributed by atoms with Crippen LogP contribution < -0.4 is 10.9 Å². The Hall–Kier alpha value is -2.37. The molecule has 6 heteroatoms. The van der Waals surface area contributed by atoms with Crippen LogP contribution >= 0.6 is 0 Å². The van der Waals surface area contributed by atoms with E-state index in [1.54, 1.807) is 0 Å². The van der Waals surface area contributed by atoms with Gasteiger partial charge in [-0.25, -0.2) is 4.98 Å². The Balaban J connectivity index is 2.81. The summed E-state index contributed by atoms with van der Waals surface area (Å²) in [4.78, 5) is 27.0. The molecule has 0 atom stereocenters. The average molecular weight is 219 g/mol. The number of carbonyl (C=O) groups excluding carboxylic acids is 1. The maximum absolute atomic E-state index is 11.8. The second-order valence-electron chi connectivity index (χ2n) is 3.14. The number of aromatic hydroxyl groups is 1. The van der Waals surface area contributed by atoms with Crippen LogP contribution in [0.3, 0.4) is 0 Å². The zero-order valence-electron chi connectivity index (χ0n) is 8.47. The van der Waals surface area contributed by atoms with Gasteiger partial charge in [0.25, 0.3) is 11.5 Å². The van der Waals surface area contributed by atoms with Crippen LogP contribution in [0.25, 0.3) is 5.65 Å². The SMILES string of the molecule is CNC(=O)c1cnc2c(O)cccn2c1=O. The summed E-state index contributed by atoms with van der Waals surface area (Å²) in [5.41, 5.74) is -0.453. The summed E-state index contributed by atoms with van der Waals surface area (Å²) >= 11 is 0. The van der Waals surface area contributed by atoms with E-state index in [1.165, 1.54) is 25.4 Å². The fourth-order valence-electron chi connectivity index (χ4n) is 1.38. The fourth-order valence-corrected chi connectivity index (χ4v) is 1.38. The van der Waals surface area contributed by atoms with Crippen LogP contribution in [0.2, 0.25) is 0 Å². The number of carbonyl (C=O) groups is 1. The topological polar surface area (TPSA) is 83.7 Å². The first-order valence-corrected chi connectivity index (χ1v) is 4.56. The van der Waals surface area contributed by atoms with Gasteiger partial charge in [0, 0.05) is 19.4 Å². The summed E-state index contributed by atoms with van der Waals surface area (Å²) in [5, 5.41) is 11.8. The van der Waals surface area contributed by atoms with Crippen molar-refractivity contribution in [3.8, 4) is 5.75 Å². The van der Waals surface area contributed by atoms with Gasteiger partial charge in [-0.1, -0.05) is 0 Å². The monoisotopic (exact) mass is 219 g/mol. The molecule has 0 bridgehead atoms. The van der Waals surface area contributed by atoms with Crippen LogP contribution in [-0.4, -0.2) is 27.4 Å². The number of amides is 1. The minimum Gasteiger partial charge on any atom is -0.504 e. The minimum atomic E-state index is -0.514. The van der Waals surface area contributed by atoms with Crippen molar-refractivity contribution in [2.75, 3.05) is 7.05 Å². The Kier molecular flexibility index (Phi) is 2.32. The molecule has 0 aliphatic carbocycles. The molecule has 0 fully saturated rings. The van der Waals surface area contributed by atoms with E-state index in [-0.39, 0.29) is 17.0 Å². The molecule has 16 heavy (non-hydrogen) atoms. The summed E-state index contributed by atoms with van der Waals surface area (Å²) < 4.78 is 1.12. The lowest BCUT2D eigenvalue weighted by Crippen LogP contribution is -2.29. The lowest BCUT2D eigenvalue weighted by molar-refractivity contribution is 0.0961. The molecule has 2 rings (SSSR count). The van der Waals surface area contributed by atoms with Crippen molar-refractivity contribution in [1.29, 1.82) is 0 Å². The minimum absolute atomic E-state index is 0.0643. The number of nitrogens with one attached hydrogen (secondary N) is 1. The predicted octanol–water partition coefficient (Wildman–Crippen LogP) is -0.240. The maximum atomic E-state index is 11.8. The summed E-state index contributed by atoms with van der Waals surface area (Å²) in [6.07, 6.45) is 2.59. The first-order valence-electron chi connectivity index (χ1n) is 4.56. The van der Waals surface area contributed by atoms with E-state index in [1.807, 2.05) is 0 Å². The molecule has 6 nitrogen and oxygen atoms in total. The third kappa shape index (κ3) is 1.40. The number of hydrogen-bond donors (Lipinski definition) is 2. The second-order valence-corrected chi connectivity index (χ2v) is 3.14. The number of nitrogens with zero attached hydrogens (tertiary/aromatic N) is 2. The zero-order chi connectivity index (χ0) is 11.7. The second kappa shape index (κ2) is 3.65. The molecular formula is C10H9N3O3. The molecule has 0 aliphatic rings. The van der Waals surface area contributed by atoms with Crippen molar-refractivity contribution in [2.24, 2.45) is 0 Å². The third-order valence-corrected chi connectivity index (χ3v) is 2.18. The van der Waals surface area contributed by atoms with E-state index in [9.17, 15) is 14.7 Å². The summed E-state index contributed by atoms with van der Waals surface area (Å²) in [5.74, 6) is -0.613. The van der Waals surface area contributed by atoms with Gasteiger partial charge in [-0.3, -0.25) is 14.0 Å². The number of hydrogen-bond acceptors (Lipinski definition) is 4. The van der Waals surface area contributed by atoms with Crippen molar-refractivity contribution in [3.63, 3.8) is 0 Å². The molecule has 2 aromatic heterocycles. The highest BCUT2D eigenvalue weighted by Gasteiger charge is 2.12. The van der Waals surface area contributed by atoms with E-state index in [2.05, 4.69) is 10.3 Å². The Labute approximate surface area is 90.2 Å². The summed E-state index contributed by atoms with van der Waals surface area (Å²) in [7, 11) is 1.43. The molecule has 0 unspecified atom stereocenters. The van der Waals surface area contributed by atoms with Gasteiger partial charge in [-0.05, 0) is 12.1 Å². The van der Waals surface area contributed by atoms with Gasteiger partial charge in [0.05, 0.1) is 0 Å². The molecule has 1 amide bonds. The molecule has 0 saturated carbocycles. The Morgan fingerprint density at radius 1 is 1.56 bits per heavy atom. The van der Waals surface area contributed by atoms with E-state index in [0.717, 1.165) is 10.6 Å². The van der Waals surface area contributed by atoms with Gasteiger partial charge in [0.2, 0.25) is 0 Å². The standard InChI is InChI=1S/C10H9N3O3/c1-11-9(15)6-5-12-8-7(14)3-2-4-13(8)10(6)16/h2-5,14H,1H3,(H,11,15). The van der Waals surface area contributed by atoms with Crippen LogP contribution in [0.4, 0.5) is 0 Å². The van der Waals surface area contributed by atoms with Crippen molar-refractivity contribution in [3.05, 3.63) is 40.4 Å². The normalized spacial score (nSPS) is 10.3. The third-order valence-electron chi connectivity index (χ3n) is 2.18. The quantitative estimate of drug-likeness (QED) is 0.693. The van der Waals surface area contributed by atoms with Crippen molar-refractivity contribution < 1.29 is 9.90 Å². The van der Waals surface area contributed by atoms with Gasteiger partial charge >= 0.3 is 0 Å². The van der Waals surface area contributed by atoms with E-state index in [0.29, 0.717) is 0 Å². The average Bonchev–Trinajstić information content (AvgIpc) is 2.30. The maximum Gasteiger partial charge on any atom is 0.270 e. The fraction of sp³-hybridized carbons (Fsp3) is 0.100. The van der Waals surface area contributed by atoms with Crippen LogP contribution in [0.15, 0.2) is 29.3 Å². The van der Waals surface area contributed by atoms with Gasteiger partial charge in [-0.15, -0.1) is 0 Å². The van der Waals surface area contributed by atoms with Crippen LogP contribution in [-0.2, 0) is 0 Å². The number of rotatable bonds is 1. The van der Waals surface area contributed by atoms with Crippen molar-refractivity contribution in [1.82, 2.24) is 14.7 Å². The van der Waals surface area contributed by atoms with Crippen LogP contribution in [0.5, 0.6) is 5.75 Å². The largest absolute Gasteiger partial charge is 0.504 e. The lowest BCUT2D eigenvalue weighted by atomic mass is 10.3. The van der Waals surface area contributed by atoms with E-state index >= 15 is 0 Å². The van der Waals surface area contributed by atoms with Gasteiger partial charge in [0.15, 0.2) is 11.4 Å². The molecule has 0 aliphatic heterocycles. The molecule has 2 N–H and O–H groups in total. The number of pyridine rings is 1. The molecule has 0 spiro atoms. The Morgan fingerprint density at radius 3 is 3.00 bits per heavy atom. The summed E-state index contributed by atoms with van der Waals surface area (Å²) in [6.45, 7) is 0. The van der Waals surface area contributed by atoms with Crippen molar-refractivity contribution >= 4 is 11.6 Å². The molecule has 2 aromatic rings. The molecule has 0 aromatic carbocycles. The first-order chi connectivity index (χ1) is 7.65. The highest BCUT2D eigenvalue weighted by molar-refractivity contribution is 5.93. The highest BCUT2D eigenvalue weighted by atomic mass is 16.3. The zero-order valence-corrected chi connectivity index (χ0v) is 8.47. The smallest absolute Gasteiger partial charge is 0.270 e. The van der Waals surface area contributed by atoms with Gasteiger partial charge in [0.1, 0.15) is 5.56 Å². The van der Waals surface area contributed by atoms with Gasteiger partial charge in [-0.2, -0.15) is 0 Å². The summed E-state index contributed by atoms with van der Waals surface area (Å²) in [6, 6.07) is 2.92. The number of aromatic nitrogens is 2. The van der Waals surface area contributed by atoms with Crippen LogP contribution in [0.1, 0.15) is 10.4 Å². The first kappa shape index (κ1) is 10.2. The molecule has 0 radical (unpaired) electrons. The van der Waals surface area contributed by atoms with Crippen LogP contribution in [0, 0.1) is 0 Å². The van der Waals surface area contributed by atoms with E-state index < -0.39 is 11.5 Å². The van der Waals surface area contributed by atoms with E-state index in [4.69, 9.17) is 0 Å². The lowest BCUT2D eigenvalue weighted by Gasteiger charge is -2.03. The Bertz CT molecular complexity index is 618. The molecule has 0 saturated heterocycles. The van der Waals surface area contributed by atoms with Crippen molar-refractivity contribution in [2.45, 2.75) is 0 Å².